The van der Waals surface area contributed by atoms with Crippen molar-refractivity contribution < 1.29 is 2.74 Å². The average Bonchev–Trinajstić information content (AvgIpc) is 2.48. The van der Waals surface area contributed by atoms with Gasteiger partial charge in [0.2, 0.25) is 0 Å². The van der Waals surface area contributed by atoms with Crippen molar-refractivity contribution in [3.63, 3.8) is 0 Å². The van der Waals surface area contributed by atoms with Gasteiger partial charge in [-0.1, -0.05) is 68.4 Å². The molecule has 2 aromatic rings. The molecule has 0 saturated carbocycles. The highest BCUT2D eigenvalue weighted by Gasteiger charge is 1.99. The standard InChI is InChI=1S/C18H22/c1-15(2)18-13-11-17(12-14-18)10-6-9-16-7-4-3-5-8-16/h3-5,7-8,11-15H,6,9-10H2,1-2H3/i9D,10D. The molecule has 0 amide bonds. The molecular formula is C18H22. The van der Waals surface area contributed by atoms with Crippen molar-refractivity contribution in [3.05, 3.63) is 71.3 Å². The SMILES string of the molecule is [2H]C(CC([2H])c1ccc(C(C)C)cc1)c1ccccc1. The minimum atomic E-state index is -0.334. The third-order valence-electron chi connectivity index (χ3n) is 3.11. The molecule has 0 aromatic heterocycles. The fraction of sp³-hybridized carbons (Fsp3) is 0.333. The Morgan fingerprint density at radius 2 is 1.39 bits per heavy atom. The molecular weight excluding hydrogens is 216 g/mol. The highest BCUT2D eigenvalue weighted by Crippen LogP contribution is 2.16. The van der Waals surface area contributed by atoms with E-state index >= 15 is 0 Å². The molecule has 2 aromatic carbocycles. The van der Waals surface area contributed by atoms with Gasteiger partial charge in [-0.25, -0.2) is 0 Å². The van der Waals surface area contributed by atoms with E-state index in [9.17, 15) is 0 Å². The quantitative estimate of drug-likeness (QED) is 0.691. The summed E-state index contributed by atoms with van der Waals surface area (Å²) < 4.78 is 16.4. The Balaban J connectivity index is 2.02. The van der Waals surface area contributed by atoms with Crippen LogP contribution < -0.4 is 0 Å². The van der Waals surface area contributed by atoms with Gasteiger partial charge < -0.3 is 0 Å². The van der Waals surface area contributed by atoms with Gasteiger partial charge in [-0.15, -0.1) is 0 Å². The number of rotatable bonds is 5. The molecule has 0 radical (unpaired) electrons. The second-order valence-corrected chi connectivity index (χ2v) is 4.88. The Hall–Kier alpha value is -1.56. The first-order chi connectivity index (χ1) is 9.58. The van der Waals surface area contributed by atoms with Crippen LogP contribution in [0.5, 0.6) is 0 Å². The van der Waals surface area contributed by atoms with E-state index in [1.54, 1.807) is 0 Å². The Morgan fingerprint density at radius 3 is 1.94 bits per heavy atom. The van der Waals surface area contributed by atoms with Gasteiger partial charge in [-0.05, 0) is 41.8 Å². The fourth-order valence-electron chi connectivity index (χ4n) is 1.94. The van der Waals surface area contributed by atoms with Crippen LogP contribution >= 0.6 is 0 Å². The fourth-order valence-corrected chi connectivity index (χ4v) is 1.94. The van der Waals surface area contributed by atoms with Gasteiger partial charge in [0.05, 0.1) is 0 Å². The maximum atomic E-state index is 8.25. The van der Waals surface area contributed by atoms with Crippen LogP contribution in [-0.4, -0.2) is 0 Å². The summed E-state index contributed by atoms with van der Waals surface area (Å²) in [4.78, 5) is 0. The van der Waals surface area contributed by atoms with E-state index in [1.807, 2.05) is 42.5 Å². The second-order valence-electron chi connectivity index (χ2n) is 4.88. The minimum Gasteiger partial charge on any atom is -0.0622 e. The zero-order valence-electron chi connectivity index (χ0n) is 13.1. The zero-order chi connectivity index (χ0) is 14.5. The molecule has 2 rings (SSSR count). The largest absolute Gasteiger partial charge is 0.0622 e. The molecule has 0 heterocycles. The molecule has 0 saturated heterocycles. The lowest BCUT2D eigenvalue weighted by molar-refractivity contribution is 0.816. The number of hydrogen-bond donors (Lipinski definition) is 0. The van der Waals surface area contributed by atoms with Gasteiger partial charge in [-0.3, -0.25) is 0 Å². The molecule has 94 valence electrons. The lowest BCUT2D eigenvalue weighted by Gasteiger charge is -2.07. The molecule has 2 atom stereocenters. The van der Waals surface area contributed by atoms with Crippen LogP contribution in [0.2, 0.25) is 0 Å². The molecule has 0 bridgehead atoms. The van der Waals surface area contributed by atoms with Crippen LogP contribution in [-0.2, 0) is 12.8 Å². The van der Waals surface area contributed by atoms with Gasteiger partial charge >= 0.3 is 0 Å². The molecule has 0 aliphatic carbocycles. The van der Waals surface area contributed by atoms with Crippen molar-refractivity contribution in [1.82, 2.24) is 0 Å². The van der Waals surface area contributed by atoms with Crippen LogP contribution in [0.25, 0.3) is 0 Å². The van der Waals surface area contributed by atoms with E-state index in [0.717, 1.165) is 11.1 Å². The first-order valence-electron chi connectivity index (χ1n) is 7.72. The Morgan fingerprint density at radius 1 is 0.833 bits per heavy atom. The van der Waals surface area contributed by atoms with E-state index in [-0.39, 0.29) is 12.8 Å². The third-order valence-corrected chi connectivity index (χ3v) is 3.11. The first kappa shape index (κ1) is 10.4. The van der Waals surface area contributed by atoms with Gasteiger partial charge in [0.25, 0.3) is 0 Å². The summed E-state index contributed by atoms with van der Waals surface area (Å²) in [7, 11) is 0. The number of aryl methyl sites for hydroxylation is 2. The van der Waals surface area contributed by atoms with Crippen LogP contribution in [0, 0.1) is 0 Å². The van der Waals surface area contributed by atoms with Crippen molar-refractivity contribution in [2.75, 3.05) is 0 Å². The molecule has 0 fully saturated rings. The molecule has 0 aliphatic rings. The van der Waals surface area contributed by atoms with Crippen molar-refractivity contribution in [2.24, 2.45) is 0 Å². The van der Waals surface area contributed by atoms with Crippen LogP contribution in [0.4, 0.5) is 0 Å². The molecule has 2 unspecified atom stereocenters. The smallest absolute Gasteiger partial charge is 0.0316 e. The van der Waals surface area contributed by atoms with E-state index in [0.29, 0.717) is 12.3 Å². The van der Waals surface area contributed by atoms with Crippen LogP contribution in [0.3, 0.4) is 0 Å². The van der Waals surface area contributed by atoms with E-state index in [1.165, 1.54) is 5.56 Å². The van der Waals surface area contributed by atoms with Crippen molar-refractivity contribution in [1.29, 1.82) is 0 Å². The monoisotopic (exact) mass is 240 g/mol. The Bertz CT molecular complexity index is 517. The van der Waals surface area contributed by atoms with Gasteiger partial charge in [0.15, 0.2) is 0 Å². The minimum absolute atomic E-state index is 0.330. The van der Waals surface area contributed by atoms with E-state index in [4.69, 9.17) is 2.74 Å². The number of hydrogen-bond acceptors (Lipinski definition) is 0. The number of benzene rings is 2. The summed E-state index contributed by atoms with van der Waals surface area (Å²) in [5.41, 5.74) is 3.29. The van der Waals surface area contributed by atoms with Crippen molar-refractivity contribution in [3.8, 4) is 0 Å². The summed E-state index contributed by atoms with van der Waals surface area (Å²) in [5.74, 6) is 0.515. The van der Waals surface area contributed by atoms with Crippen LogP contribution in [0.15, 0.2) is 54.6 Å². The summed E-state index contributed by atoms with van der Waals surface area (Å²) in [5, 5.41) is 0. The van der Waals surface area contributed by atoms with Gasteiger partial charge in [0, 0.05) is 2.74 Å². The maximum absolute atomic E-state index is 8.25. The van der Waals surface area contributed by atoms with Crippen LogP contribution in [0.1, 0.15) is 45.6 Å². The summed E-state index contributed by atoms with van der Waals surface area (Å²) >= 11 is 0. The van der Waals surface area contributed by atoms with Gasteiger partial charge in [0.1, 0.15) is 0 Å². The van der Waals surface area contributed by atoms with E-state index in [2.05, 4.69) is 26.0 Å². The highest BCUT2D eigenvalue weighted by atomic mass is 14.0. The lowest BCUT2D eigenvalue weighted by atomic mass is 9.99. The topological polar surface area (TPSA) is 0 Å². The molecule has 0 N–H and O–H groups in total. The third kappa shape index (κ3) is 3.73. The van der Waals surface area contributed by atoms with Gasteiger partial charge in [-0.2, -0.15) is 0 Å². The molecule has 0 heteroatoms. The molecule has 18 heavy (non-hydrogen) atoms. The Labute approximate surface area is 113 Å². The predicted molar refractivity (Wildman–Crippen MR) is 79.0 cm³/mol. The first-order valence-corrected chi connectivity index (χ1v) is 6.57. The highest BCUT2D eigenvalue weighted by molar-refractivity contribution is 5.25. The second kappa shape index (κ2) is 6.39. The molecule has 0 aliphatic heterocycles. The Kier molecular flexibility index (Phi) is 3.68. The van der Waals surface area contributed by atoms with Crippen molar-refractivity contribution >= 4 is 0 Å². The summed E-state index contributed by atoms with van der Waals surface area (Å²) in [6, 6.07) is 18.1. The van der Waals surface area contributed by atoms with Crippen molar-refractivity contribution in [2.45, 2.75) is 39.0 Å². The van der Waals surface area contributed by atoms with E-state index < -0.39 is 0 Å². The predicted octanol–water partition coefficient (Wildman–Crippen LogP) is 4.99. The average molecular weight is 240 g/mol. The summed E-state index contributed by atoms with van der Waals surface area (Å²) in [6.07, 6.45) is -0.132. The molecule has 0 nitrogen and oxygen atoms in total. The normalized spacial score (nSPS) is 15.9. The maximum Gasteiger partial charge on any atom is 0.0316 e. The summed E-state index contributed by atoms with van der Waals surface area (Å²) in [6.45, 7) is 4.34. The zero-order valence-corrected chi connectivity index (χ0v) is 11.1. The lowest BCUT2D eigenvalue weighted by Crippen LogP contribution is -1.92. The molecule has 0 spiro atoms.